The van der Waals surface area contributed by atoms with E-state index in [1.165, 1.54) is 5.56 Å². The first kappa shape index (κ1) is 19.6. The molecule has 6 heteroatoms. The van der Waals surface area contributed by atoms with Crippen LogP contribution in [0.1, 0.15) is 18.4 Å². The quantitative estimate of drug-likeness (QED) is 0.725. The third-order valence-electron chi connectivity index (χ3n) is 4.27. The van der Waals surface area contributed by atoms with E-state index in [0.29, 0.717) is 11.6 Å². The molecule has 0 aliphatic carbocycles. The minimum Gasteiger partial charge on any atom is -0.380 e. The smallest absolute Gasteiger partial charge is 0.227 e. The number of hydrogen-bond acceptors (Lipinski definition) is 3. The fraction of sp³-hybridized carbons (Fsp3) is 0.316. The van der Waals surface area contributed by atoms with Gasteiger partial charge < -0.3 is 16.0 Å². The van der Waals surface area contributed by atoms with Gasteiger partial charge in [0.15, 0.2) is 0 Å². The molecule has 0 bridgehead atoms. The van der Waals surface area contributed by atoms with Crippen molar-refractivity contribution >= 4 is 41.3 Å². The molecule has 1 aliphatic rings. The van der Waals surface area contributed by atoms with Gasteiger partial charge >= 0.3 is 0 Å². The highest BCUT2D eigenvalue weighted by Crippen LogP contribution is 2.26. The van der Waals surface area contributed by atoms with E-state index in [4.69, 9.17) is 11.6 Å². The Balaban J connectivity index is 0.00000225. The molecule has 1 fully saturated rings. The molecule has 0 aromatic heterocycles. The Morgan fingerprint density at radius 3 is 2.52 bits per heavy atom. The van der Waals surface area contributed by atoms with E-state index in [1.54, 1.807) is 6.07 Å². The van der Waals surface area contributed by atoms with Crippen molar-refractivity contribution in [3.8, 4) is 0 Å². The highest BCUT2D eigenvalue weighted by atomic mass is 35.5. The lowest BCUT2D eigenvalue weighted by Gasteiger charge is -2.22. The summed E-state index contributed by atoms with van der Waals surface area (Å²) in [6, 6.07) is 15.7. The second-order valence-electron chi connectivity index (χ2n) is 6.05. The highest BCUT2D eigenvalue weighted by Gasteiger charge is 2.20. The molecule has 4 nitrogen and oxygen atoms in total. The molecule has 0 saturated carbocycles. The normalized spacial score (nSPS) is 14.4. The molecule has 1 saturated heterocycles. The minimum atomic E-state index is 0. The maximum Gasteiger partial charge on any atom is 0.227 e. The zero-order chi connectivity index (χ0) is 16.8. The Morgan fingerprint density at radius 1 is 1.12 bits per heavy atom. The second kappa shape index (κ2) is 9.66. The number of piperidine rings is 1. The van der Waals surface area contributed by atoms with Crippen molar-refractivity contribution in [2.75, 3.05) is 23.7 Å². The number of benzene rings is 2. The first-order chi connectivity index (χ1) is 11.7. The summed E-state index contributed by atoms with van der Waals surface area (Å²) in [6.07, 6.45) is 1.77. The molecule has 0 atom stereocenters. The SMILES string of the molecule is Cl.O=C(Nc1ccc(NCc2ccccc2)c(Cl)c1)C1CCNCC1. The standard InChI is InChI=1S/C19H22ClN3O.ClH/c20-17-12-16(23-19(24)15-8-10-21-11-9-15)6-7-18(17)22-13-14-4-2-1-3-5-14;/h1-7,12,15,21-22H,8-11,13H2,(H,23,24);1H. The second-order valence-corrected chi connectivity index (χ2v) is 6.45. The lowest BCUT2D eigenvalue weighted by molar-refractivity contribution is -0.120. The zero-order valence-electron chi connectivity index (χ0n) is 13.9. The minimum absolute atomic E-state index is 0. The molecule has 134 valence electrons. The van der Waals surface area contributed by atoms with Crippen LogP contribution in [-0.4, -0.2) is 19.0 Å². The van der Waals surface area contributed by atoms with Crippen LogP contribution in [0, 0.1) is 5.92 Å². The van der Waals surface area contributed by atoms with Crippen LogP contribution in [0.15, 0.2) is 48.5 Å². The third-order valence-corrected chi connectivity index (χ3v) is 4.59. The van der Waals surface area contributed by atoms with E-state index in [9.17, 15) is 4.79 Å². The lowest BCUT2D eigenvalue weighted by atomic mass is 9.97. The lowest BCUT2D eigenvalue weighted by Crippen LogP contribution is -2.34. The number of amides is 1. The summed E-state index contributed by atoms with van der Waals surface area (Å²) in [5.74, 6) is 0.165. The molecule has 1 amide bonds. The number of nitrogens with one attached hydrogen (secondary N) is 3. The van der Waals surface area contributed by atoms with Gasteiger partial charge in [-0.3, -0.25) is 4.79 Å². The van der Waals surface area contributed by atoms with Crippen molar-refractivity contribution in [3.05, 3.63) is 59.1 Å². The van der Waals surface area contributed by atoms with Crippen LogP contribution in [0.5, 0.6) is 0 Å². The van der Waals surface area contributed by atoms with Crippen molar-refractivity contribution in [1.29, 1.82) is 0 Å². The van der Waals surface area contributed by atoms with Crippen molar-refractivity contribution in [3.63, 3.8) is 0 Å². The molecule has 1 aliphatic heterocycles. The van der Waals surface area contributed by atoms with Crippen LogP contribution < -0.4 is 16.0 Å². The van der Waals surface area contributed by atoms with Gasteiger partial charge in [0.25, 0.3) is 0 Å². The van der Waals surface area contributed by atoms with E-state index >= 15 is 0 Å². The van der Waals surface area contributed by atoms with Crippen LogP contribution in [0.2, 0.25) is 5.02 Å². The number of hydrogen-bond donors (Lipinski definition) is 3. The van der Waals surface area contributed by atoms with Crippen LogP contribution in [0.25, 0.3) is 0 Å². The summed E-state index contributed by atoms with van der Waals surface area (Å²) in [6.45, 7) is 2.52. The molecular weight excluding hydrogens is 357 g/mol. The summed E-state index contributed by atoms with van der Waals surface area (Å²) >= 11 is 6.34. The van der Waals surface area contributed by atoms with Crippen molar-refractivity contribution in [2.45, 2.75) is 19.4 Å². The Kier molecular flexibility index (Phi) is 7.56. The molecule has 0 radical (unpaired) electrons. The summed E-state index contributed by atoms with van der Waals surface area (Å²) in [5, 5.41) is 10.2. The average molecular weight is 380 g/mol. The topological polar surface area (TPSA) is 53.2 Å². The Labute approximate surface area is 159 Å². The highest BCUT2D eigenvalue weighted by molar-refractivity contribution is 6.33. The van der Waals surface area contributed by atoms with Gasteiger partial charge in [-0.2, -0.15) is 0 Å². The summed E-state index contributed by atoms with van der Waals surface area (Å²) in [7, 11) is 0. The molecule has 2 aromatic carbocycles. The van der Waals surface area contributed by atoms with Gasteiger partial charge in [-0.1, -0.05) is 41.9 Å². The summed E-state index contributed by atoms with van der Waals surface area (Å²) in [4.78, 5) is 12.3. The van der Waals surface area contributed by atoms with Crippen LogP contribution in [0.4, 0.5) is 11.4 Å². The molecule has 3 N–H and O–H groups in total. The first-order valence-electron chi connectivity index (χ1n) is 8.31. The van der Waals surface area contributed by atoms with Gasteiger partial charge in [0.05, 0.1) is 10.7 Å². The molecule has 1 heterocycles. The Morgan fingerprint density at radius 2 is 1.84 bits per heavy atom. The van der Waals surface area contributed by atoms with Crippen molar-refractivity contribution in [2.24, 2.45) is 5.92 Å². The largest absolute Gasteiger partial charge is 0.380 e. The third kappa shape index (κ3) is 5.63. The average Bonchev–Trinajstić information content (AvgIpc) is 2.62. The molecule has 0 unspecified atom stereocenters. The van der Waals surface area contributed by atoms with E-state index in [0.717, 1.165) is 37.3 Å². The molecule has 25 heavy (non-hydrogen) atoms. The monoisotopic (exact) mass is 379 g/mol. The molecule has 0 spiro atoms. The Hall–Kier alpha value is -1.75. The van der Waals surface area contributed by atoms with Crippen LogP contribution in [-0.2, 0) is 11.3 Å². The molecule has 2 aromatic rings. The van der Waals surface area contributed by atoms with Gasteiger partial charge in [0, 0.05) is 18.2 Å². The van der Waals surface area contributed by atoms with Crippen LogP contribution in [0.3, 0.4) is 0 Å². The zero-order valence-corrected chi connectivity index (χ0v) is 15.5. The van der Waals surface area contributed by atoms with Gasteiger partial charge in [-0.25, -0.2) is 0 Å². The number of halogens is 2. The van der Waals surface area contributed by atoms with E-state index in [2.05, 4.69) is 28.1 Å². The van der Waals surface area contributed by atoms with E-state index < -0.39 is 0 Å². The fourth-order valence-corrected chi connectivity index (χ4v) is 3.11. The number of rotatable bonds is 5. The number of carbonyl (C=O) groups is 1. The van der Waals surface area contributed by atoms with Crippen molar-refractivity contribution in [1.82, 2.24) is 5.32 Å². The summed E-state index contributed by atoms with van der Waals surface area (Å²) < 4.78 is 0. The van der Waals surface area contributed by atoms with E-state index in [1.807, 2.05) is 30.3 Å². The maximum absolute atomic E-state index is 12.3. The predicted molar refractivity (Wildman–Crippen MR) is 107 cm³/mol. The molecular formula is C19H23Cl2N3O. The van der Waals surface area contributed by atoms with Crippen LogP contribution >= 0.6 is 24.0 Å². The van der Waals surface area contributed by atoms with Gasteiger partial charge in [0.2, 0.25) is 5.91 Å². The maximum atomic E-state index is 12.3. The van der Waals surface area contributed by atoms with Gasteiger partial charge in [-0.05, 0) is 49.7 Å². The number of carbonyl (C=O) groups excluding carboxylic acids is 1. The molecule has 3 rings (SSSR count). The predicted octanol–water partition coefficient (Wildman–Crippen LogP) is 4.31. The van der Waals surface area contributed by atoms with Crippen molar-refractivity contribution < 1.29 is 4.79 Å². The fourth-order valence-electron chi connectivity index (χ4n) is 2.86. The Bertz CT molecular complexity index is 688. The summed E-state index contributed by atoms with van der Waals surface area (Å²) in [5.41, 5.74) is 2.80. The number of anilines is 2. The van der Waals surface area contributed by atoms with E-state index in [-0.39, 0.29) is 24.2 Å². The van der Waals surface area contributed by atoms with Gasteiger partial charge in [-0.15, -0.1) is 12.4 Å². The first-order valence-corrected chi connectivity index (χ1v) is 8.69. The van der Waals surface area contributed by atoms with Gasteiger partial charge in [0.1, 0.15) is 0 Å².